The van der Waals surface area contributed by atoms with Gasteiger partial charge in [0.05, 0.1) is 5.41 Å². The van der Waals surface area contributed by atoms with E-state index in [1.807, 2.05) is 13.8 Å². The smallest absolute Gasteiger partial charge is 0.0683 e. The van der Waals surface area contributed by atoms with Crippen molar-refractivity contribution >= 4 is 43.1 Å². The summed E-state index contributed by atoms with van der Waals surface area (Å²) in [6.45, 7) is 8.36. The molecule has 0 atom stereocenters. The monoisotopic (exact) mass is 656 g/mol. The molecule has 10 rings (SSSR count). The highest BCUT2D eigenvalue weighted by molar-refractivity contribution is 6.28. The molecule has 9 aromatic carbocycles. The van der Waals surface area contributed by atoms with Crippen molar-refractivity contribution in [3.05, 3.63) is 192 Å². The molecule has 0 amide bonds. The summed E-state index contributed by atoms with van der Waals surface area (Å²) in [5, 5.41) is 10.5. The van der Waals surface area contributed by atoms with E-state index in [0.717, 1.165) is 0 Å². The summed E-state index contributed by atoms with van der Waals surface area (Å²) in [6, 6.07) is 63.3. The third-order valence-corrected chi connectivity index (χ3v) is 10.8. The largest absolute Gasteiger partial charge is 0.0714 e. The van der Waals surface area contributed by atoms with Crippen LogP contribution < -0.4 is 0 Å². The fraction of sp³-hybridized carbons (Fsp3) is 0.137. The first-order valence-corrected chi connectivity index (χ1v) is 18.7. The molecule has 0 bridgehead atoms. The summed E-state index contributed by atoms with van der Waals surface area (Å²) in [4.78, 5) is 0. The van der Waals surface area contributed by atoms with Crippen LogP contribution in [-0.4, -0.2) is 0 Å². The van der Waals surface area contributed by atoms with Crippen LogP contribution in [0.5, 0.6) is 0 Å². The molecule has 51 heavy (non-hydrogen) atoms. The van der Waals surface area contributed by atoms with Crippen LogP contribution >= 0.6 is 0 Å². The van der Waals surface area contributed by atoms with Crippen molar-refractivity contribution < 1.29 is 0 Å². The zero-order valence-electron chi connectivity index (χ0n) is 30.1. The normalized spacial score (nSPS) is 12.6. The van der Waals surface area contributed by atoms with Gasteiger partial charge in [0, 0.05) is 0 Å². The molecule has 0 heterocycles. The first-order valence-electron chi connectivity index (χ1n) is 18.7. The molecule has 0 unspecified atom stereocenters. The highest BCUT2D eigenvalue weighted by Crippen LogP contribution is 2.59. The molecule has 0 spiro atoms. The van der Waals surface area contributed by atoms with Crippen molar-refractivity contribution in [1.82, 2.24) is 0 Å². The molecule has 0 heteroatoms. The summed E-state index contributed by atoms with van der Waals surface area (Å²) >= 11 is 0. The molecule has 0 aliphatic heterocycles. The second-order valence-electron chi connectivity index (χ2n) is 13.4. The van der Waals surface area contributed by atoms with Crippen molar-refractivity contribution in [2.75, 3.05) is 0 Å². The second-order valence-corrected chi connectivity index (χ2v) is 13.4. The second kappa shape index (κ2) is 13.5. The average molecular weight is 657 g/mol. The van der Waals surface area contributed by atoms with Crippen LogP contribution in [0.3, 0.4) is 0 Å². The molecule has 0 N–H and O–H groups in total. The van der Waals surface area contributed by atoms with Gasteiger partial charge in [0.2, 0.25) is 0 Å². The number of unbranched alkanes of at least 4 members (excludes halogenated alkanes) is 1. The zero-order chi connectivity index (χ0) is 35.0. The third kappa shape index (κ3) is 5.04. The maximum Gasteiger partial charge on any atom is 0.0714 e. The number of hydrogen-bond donors (Lipinski definition) is 0. The Kier molecular flexibility index (Phi) is 8.62. The minimum Gasteiger partial charge on any atom is -0.0683 e. The number of rotatable bonds is 4. The van der Waals surface area contributed by atoms with Gasteiger partial charge in [0.1, 0.15) is 0 Å². The van der Waals surface area contributed by atoms with Gasteiger partial charge in [0.15, 0.2) is 0 Å². The van der Waals surface area contributed by atoms with E-state index in [0.29, 0.717) is 0 Å². The molecule has 0 saturated carbocycles. The standard InChI is InChI=1S/C45H28.C4H10.C2H6/c1-3-13-34(14-4-1)45(35-15-5-2-6-16-35)40-18-10-9-17-38(40)44-39-26-22-30-21-24-36(32-20-19-29-11-7-8-12-31(29)27-32)37-25-23-33(28-41(44)45)43(39)42(30)37;1-3-4-2;1-2/h1-28H;3-4H2,1-2H3;1-2H3. The quantitative estimate of drug-likeness (QED) is 0.165. The maximum atomic E-state index is 2.50. The first kappa shape index (κ1) is 32.5. The van der Waals surface area contributed by atoms with Gasteiger partial charge in [-0.1, -0.05) is 198 Å². The van der Waals surface area contributed by atoms with Crippen molar-refractivity contribution in [3.63, 3.8) is 0 Å². The van der Waals surface area contributed by atoms with Gasteiger partial charge in [-0.05, 0) is 99.7 Å². The Morgan fingerprint density at radius 3 is 1.65 bits per heavy atom. The van der Waals surface area contributed by atoms with E-state index < -0.39 is 5.41 Å². The van der Waals surface area contributed by atoms with Crippen LogP contribution in [0, 0.1) is 0 Å². The Bertz CT molecular complexity index is 2570. The van der Waals surface area contributed by atoms with Crippen LogP contribution in [0.25, 0.3) is 65.3 Å². The van der Waals surface area contributed by atoms with Gasteiger partial charge in [-0.3, -0.25) is 0 Å². The molecular formula is C51H44. The molecule has 0 aromatic heterocycles. The average Bonchev–Trinajstić information content (AvgIpc) is 3.52. The van der Waals surface area contributed by atoms with Crippen LogP contribution in [0.1, 0.15) is 62.8 Å². The fourth-order valence-electron chi connectivity index (χ4n) is 8.41. The summed E-state index contributed by atoms with van der Waals surface area (Å²) in [5.41, 5.74) is 10.1. The zero-order valence-corrected chi connectivity index (χ0v) is 30.1. The lowest BCUT2D eigenvalue weighted by atomic mass is 9.67. The van der Waals surface area contributed by atoms with Gasteiger partial charge in [-0.15, -0.1) is 0 Å². The Balaban J connectivity index is 0.000000585. The molecule has 0 nitrogen and oxygen atoms in total. The molecule has 1 aliphatic carbocycles. The minimum absolute atomic E-state index is 0.408. The van der Waals surface area contributed by atoms with Gasteiger partial charge in [-0.25, -0.2) is 0 Å². The van der Waals surface area contributed by atoms with Gasteiger partial charge in [-0.2, -0.15) is 0 Å². The number of fused-ring (bicyclic) bond motifs is 5. The lowest BCUT2D eigenvalue weighted by molar-refractivity contribution is 0.770. The van der Waals surface area contributed by atoms with Crippen LogP contribution in [0.2, 0.25) is 0 Å². The van der Waals surface area contributed by atoms with Crippen LogP contribution in [-0.2, 0) is 5.41 Å². The van der Waals surface area contributed by atoms with Crippen LogP contribution in [0.4, 0.5) is 0 Å². The van der Waals surface area contributed by atoms with E-state index >= 15 is 0 Å². The van der Waals surface area contributed by atoms with E-state index in [2.05, 4.69) is 184 Å². The minimum atomic E-state index is -0.408. The van der Waals surface area contributed by atoms with Gasteiger partial charge in [0.25, 0.3) is 0 Å². The lowest BCUT2D eigenvalue weighted by Gasteiger charge is -2.34. The molecule has 0 fully saturated rings. The van der Waals surface area contributed by atoms with E-state index in [1.54, 1.807) is 0 Å². The van der Waals surface area contributed by atoms with Crippen molar-refractivity contribution in [2.45, 2.75) is 46.0 Å². The Hall–Kier alpha value is -5.72. The Morgan fingerprint density at radius 2 is 0.941 bits per heavy atom. The summed E-state index contributed by atoms with van der Waals surface area (Å²) in [7, 11) is 0. The van der Waals surface area contributed by atoms with Crippen molar-refractivity contribution in [3.8, 4) is 22.3 Å². The SMILES string of the molecule is CC.CCCC.c1ccc(C2(c3ccccc3)c3ccccc3-c3c2cc2ccc4c(-c5ccc6ccccc6c5)ccc5ccc3c2c54)cc1. The first-order chi connectivity index (χ1) is 25.2. The summed E-state index contributed by atoms with van der Waals surface area (Å²) < 4.78 is 0. The van der Waals surface area contributed by atoms with E-state index in [9.17, 15) is 0 Å². The summed E-state index contributed by atoms with van der Waals surface area (Å²) in [5.74, 6) is 0. The molecule has 248 valence electrons. The van der Waals surface area contributed by atoms with Crippen molar-refractivity contribution in [1.29, 1.82) is 0 Å². The number of hydrogen-bond acceptors (Lipinski definition) is 0. The van der Waals surface area contributed by atoms with E-state index in [4.69, 9.17) is 0 Å². The lowest BCUT2D eigenvalue weighted by Crippen LogP contribution is -2.28. The highest BCUT2D eigenvalue weighted by atomic mass is 14.5. The van der Waals surface area contributed by atoms with Gasteiger partial charge < -0.3 is 0 Å². The predicted octanol–water partition coefficient (Wildman–Crippen LogP) is 14.6. The Labute approximate surface area is 302 Å². The molecule has 9 aromatic rings. The molecule has 0 saturated heterocycles. The topological polar surface area (TPSA) is 0 Å². The molecular weight excluding hydrogens is 613 g/mol. The van der Waals surface area contributed by atoms with Gasteiger partial charge >= 0.3 is 0 Å². The number of benzene rings is 9. The Morgan fingerprint density at radius 1 is 0.392 bits per heavy atom. The molecule has 0 radical (unpaired) electrons. The third-order valence-electron chi connectivity index (χ3n) is 10.8. The van der Waals surface area contributed by atoms with Crippen LogP contribution in [0.15, 0.2) is 170 Å². The predicted molar refractivity (Wildman–Crippen MR) is 222 cm³/mol. The molecule has 1 aliphatic rings. The van der Waals surface area contributed by atoms with E-state index in [-0.39, 0.29) is 0 Å². The highest BCUT2D eigenvalue weighted by Gasteiger charge is 2.46. The fourth-order valence-corrected chi connectivity index (χ4v) is 8.41. The maximum absolute atomic E-state index is 2.50. The van der Waals surface area contributed by atoms with Crippen molar-refractivity contribution in [2.24, 2.45) is 0 Å². The van der Waals surface area contributed by atoms with E-state index in [1.165, 1.54) is 100 Å². The summed E-state index contributed by atoms with van der Waals surface area (Å²) in [6.07, 6.45) is 2.64.